The smallest absolute Gasteiger partial charge is 0.0449 e. The maximum absolute atomic E-state index is 9.19. The molecule has 0 amide bonds. The van der Waals surface area contributed by atoms with Crippen molar-refractivity contribution in [3.63, 3.8) is 0 Å². The Kier molecular flexibility index (Phi) is 5.02. The van der Waals surface area contributed by atoms with Crippen molar-refractivity contribution in [2.75, 3.05) is 6.61 Å². The standard InChI is InChI=1S/C15H23NO/c17-12-11-15(13-7-3-1-4-8-13)16-14-9-5-2-6-10-14/h1,3-4,7-8,14-17H,2,5-6,9-12H2/t15-/m1/s1. The Labute approximate surface area is 104 Å². The first kappa shape index (κ1) is 12.6. The van der Waals surface area contributed by atoms with Crippen LogP contribution < -0.4 is 5.32 Å². The summed E-state index contributed by atoms with van der Waals surface area (Å²) >= 11 is 0. The lowest BCUT2D eigenvalue weighted by Crippen LogP contribution is -2.34. The van der Waals surface area contributed by atoms with Crippen LogP contribution in [0.3, 0.4) is 0 Å². The van der Waals surface area contributed by atoms with Gasteiger partial charge in [-0.3, -0.25) is 0 Å². The van der Waals surface area contributed by atoms with Gasteiger partial charge in [-0.2, -0.15) is 0 Å². The Morgan fingerprint density at radius 1 is 1.12 bits per heavy atom. The minimum Gasteiger partial charge on any atom is -0.396 e. The number of aliphatic hydroxyl groups excluding tert-OH is 1. The van der Waals surface area contributed by atoms with Crippen LogP contribution in [0.25, 0.3) is 0 Å². The highest BCUT2D eigenvalue weighted by molar-refractivity contribution is 5.19. The lowest BCUT2D eigenvalue weighted by Gasteiger charge is -2.28. The van der Waals surface area contributed by atoms with Gasteiger partial charge in [-0.05, 0) is 24.8 Å². The second kappa shape index (κ2) is 6.77. The summed E-state index contributed by atoms with van der Waals surface area (Å²) < 4.78 is 0. The molecule has 0 saturated heterocycles. The highest BCUT2D eigenvalue weighted by Crippen LogP contribution is 2.23. The van der Waals surface area contributed by atoms with Crippen molar-refractivity contribution in [2.24, 2.45) is 0 Å². The predicted molar refractivity (Wildman–Crippen MR) is 70.9 cm³/mol. The van der Waals surface area contributed by atoms with Gasteiger partial charge in [0.25, 0.3) is 0 Å². The molecule has 0 heterocycles. The molecule has 1 fully saturated rings. The predicted octanol–water partition coefficient (Wildman–Crippen LogP) is 3.03. The molecular formula is C15H23NO. The molecule has 2 nitrogen and oxygen atoms in total. The van der Waals surface area contributed by atoms with E-state index >= 15 is 0 Å². The Bertz CT molecular complexity index is 306. The maximum atomic E-state index is 9.19. The van der Waals surface area contributed by atoms with E-state index in [1.165, 1.54) is 37.7 Å². The zero-order valence-electron chi connectivity index (χ0n) is 10.4. The fourth-order valence-corrected chi connectivity index (χ4v) is 2.71. The molecule has 0 bridgehead atoms. The van der Waals surface area contributed by atoms with Crippen LogP contribution >= 0.6 is 0 Å². The summed E-state index contributed by atoms with van der Waals surface area (Å²) in [4.78, 5) is 0. The maximum Gasteiger partial charge on any atom is 0.0449 e. The lowest BCUT2D eigenvalue weighted by molar-refractivity contribution is 0.248. The molecule has 0 unspecified atom stereocenters. The number of aliphatic hydroxyl groups is 1. The average molecular weight is 233 g/mol. The van der Waals surface area contributed by atoms with E-state index in [9.17, 15) is 5.11 Å². The molecule has 2 N–H and O–H groups in total. The van der Waals surface area contributed by atoms with E-state index in [4.69, 9.17) is 0 Å². The number of rotatable bonds is 5. The van der Waals surface area contributed by atoms with Gasteiger partial charge in [-0.25, -0.2) is 0 Å². The zero-order valence-corrected chi connectivity index (χ0v) is 10.4. The van der Waals surface area contributed by atoms with Gasteiger partial charge < -0.3 is 10.4 Å². The van der Waals surface area contributed by atoms with E-state index in [0.29, 0.717) is 12.1 Å². The van der Waals surface area contributed by atoms with Crippen molar-refractivity contribution in [3.8, 4) is 0 Å². The summed E-state index contributed by atoms with van der Waals surface area (Å²) in [6.07, 6.45) is 7.45. The Hall–Kier alpha value is -0.860. The molecule has 1 aliphatic rings. The van der Waals surface area contributed by atoms with Gasteiger partial charge in [0.1, 0.15) is 0 Å². The van der Waals surface area contributed by atoms with Crippen molar-refractivity contribution in [1.29, 1.82) is 0 Å². The molecule has 0 radical (unpaired) electrons. The molecule has 1 aromatic rings. The van der Waals surface area contributed by atoms with E-state index in [2.05, 4.69) is 29.6 Å². The van der Waals surface area contributed by atoms with Crippen LogP contribution in [0, 0.1) is 0 Å². The number of nitrogens with one attached hydrogen (secondary N) is 1. The van der Waals surface area contributed by atoms with Crippen LogP contribution in [0.15, 0.2) is 30.3 Å². The van der Waals surface area contributed by atoms with Crippen molar-refractivity contribution >= 4 is 0 Å². The molecule has 2 rings (SSSR count). The first-order chi connectivity index (χ1) is 8.40. The van der Waals surface area contributed by atoms with Crippen molar-refractivity contribution in [2.45, 2.75) is 50.6 Å². The fourth-order valence-electron chi connectivity index (χ4n) is 2.71. The molecule has 0 aliphatic heterocycles. The highest BCUT2D eigenvalue weighted by atomic mass is 16.3. The van der Waals surface area contributed by atoms with Crippen molar-refractivity contribution in [1.82, 2.24) is 5.32 Å². The zero-order chi connectivity index (χ0) is 11.9. The van der Waals surface area contributed by atoms with Gasteiger partial charge in [-0.15, -0.1) is 0 Å². The SMILES string of the molecule is OCC[C@@H](NC1CCCCC1)c1ccccc1. The summed E-state index contributed by atoms with van der Waals surface area (Å²) in [6.45, 7) is 0.249. The molecule has 94 valence electrons. The minimum absolute atomic E-state index is 0.249. The van der Waals surface area contributed by atoms with Crippen LogP contribution in [0.2, 0.25) is 0 Å². The third kappa shape index (κ3) is 3.83. The van der Waals surface area contributed by atoms with Crippen molar-refractivity contribution in [3.05, 3.63) is 35.9 Å². The van der Waals surface area contributed by atoms with Gasteiger partial charge in [0, 0.05) is 18.7 Å². The van der Waals surface area contributed by atoms with E-state index in [-0.39, 0.29) is 6.61 Å². The molecule has 1 aliphatic carbocycles. The van der Waals surface area contributed by atoms with Gasteiger partial charge in [0.05, 0.1) is 0 Å². The quantitative estimate of drug-likeness (QED) is 0.819. The first-order valence-corrected chi connectivity index (χ1v) is 6.82. The van der Waals surface area contributed by atoms with E-state index in [0.717, 1.165) is 6.42 Å². The first-order valence-electron chi connectivity index (χ1n) is 6.82. The van der Waals surface area contributed by atoms with Gasteiger partial charge >= 0.3 is 0 Å². The molecular weight excluding hydrogens is 210 g/mol. The summed E-state index contributed by atoms with van der Waals surface area (Å²) in [5.41, 5.74) is 1.30. The highest BCUT2D eigenvalue weighted by Gasteiger charge is 2.18. The molecule has 0 spiro atoms. The molecule has 0 aromatic heterocycles. The monoisotopic (exact) mass is 233 g/mol. The topological polar surface area (TPSA) is 32.3 Å². The summed E-state index contributed by atoms with van der Waals surface area (Å²) in [6, 6.07) is 11.4. The largest absolute Gasteiger partial charge is 0.396 e. The van der Waals surface area contributed by atoms with Crippen LogP contribution in [0.5, 0.6) is 0 Å². The van der Waals surface area contributed by atoms with E-state index in [1.54, 1.807) is 0 Å². The van der Waals surface area contributed by atoms with Crippen LogP contribution in [0.4, 0.5) is 0 Å². The van der Waals surface area contributed by atoms with Gasteiger partial charge in [0.15, 0.2) is 0 Å². The minimum atomic E-state index is 0.249. The normalized spacial score (nSPS) is 19.1. The number of benzene rings is 1. The number of hydrogen-bond acceptors (Lipinski definition) is 2. The van der Waals surface area contributed by atoms with E-state index < -0.39 is 0 Å². The van der Waals surface area contributed by atoms with Gasteiger partial charge in [0.2, 0.25) is 0 Å². The second-order valence-corrected chi connectivity index (χ2v) is 4.98. The Morgan fingerprint density at radius 3 is 2.47 bits per heavy atom. The van der Waals surface area contributed by atoms with Crippen LogP contribution in [-0.4, -0.2) is 17.8 Å². The summed E-state index contributed by atoms with van der Waals surface area (Å²) in [5, 5.41) is 12.9. The Morgan fingerprint density at radius 2 is 1.82 bits per heavy atom. The second-order valence-electron chi connectivity index (χ2n) is 4.98. The van der Waals surface area contributed by atoms with Gasteiger partial charge in [-0.1, -0.05) is 49.6 Å². The lowest BCUT2D eigenvalue weighted by atomic mass is 9.93. The third-order valence-corrected chi connectivity index (χ3v) is 3.66. The average Bonchev–Trinajstić information content (AvgIpc) is 2.40. The Balaban J connectivity index is 1.96. The molecule has 1 atom stereocenters. The summed E-state index contributed by atoms with van der Waals surface area (Å²) in [5.74, 6) is 0. The summed E-state index contributed by atoms with van der Waals surface area (Å²) in [7, 11) is 0. The molecule has 2 heteroatoms. The molecule has 1 aromatic carbocycles. The number of hydrogen-bond donors (Lipinski definition) is 2. The third-order valence-electron chi connectivity index (χ3n) is 3.66. The molecule has 17 heavy (non-hydrogen) atoms. The van der Waals surface area contributed by atoms with Crippen LogP contribution in [0.1, 0.15) is 50.1 Å². The van der Waals surface area contributed by atoms with Crippen molar-refractivity contribution < 1.29 is 5.11 Å². The molecule has 1 saturated carbocycles. The fraction of sp³-hybridized carbons (Fsp3) is 0.600. The van der Waals surface area contributed by atoms with Crippen LogP contribution in [-0.2, 0) is 0 Å². The van der Waals surface area contributed by atoms with E-state index in [1.807, 2.05) is 6.07 Å².